The van der Waals surface area contributed by atoms with E-state index in [1.807, 2.05) is 35.2 Å². The Labute approximate surface area is 294 Å². The maximum absolute atomic E-state index is 14.0. The summed E-state index contributed by atoms with van der Waals surface area (Å²) in [6.07, 6.45) is -5.20. The van der Waals surface area contributed by atoms with Crippen LogP contribution in [0.5, 0.6) is 17.2 Å². The zero-order chi connectivity index (χ0) is 36.8. The van der Waals surface area contributed by atoms with E-state index >= 15 is 0 Å². The molecule has 0 saturated carbocycles. The molecule has 51 heavy (non-hydrogen) atoms. The number of phenols is 2. The van der Waals surface area contributed by atoms with Gasteiger partial charge in [-0.2, -0.15) is 5.26 Å². The standard InChI is InChI=1S/C38H40N2O11/c1-19-33(42)24(40(13-14-48-3)25(18-39)21-9-6-5-7-10-21)15-28(50-19)51-27-17-38(47,20(2)41)16-23-30(27)37(46)32-31(35(23)44)34(43)22-11-8-12-26(49-4)29(22)36(32)45/h5-12,19,24-25,27-28,33,42,44,46-47H,13-17H2,1-4H3/t19?,24?,25?,27-,28?,33?,38-/m0/s1. The van der Waals surface area contributed by atoms with Crippen molar-refractivity contribution in [3.63, 3.8) is 0 Å². The molecule has 0 aromatic heterocycles. The van der Waals surface area contributed by atoms with Gasteiger partial charge in [0.25, 0.3) is 0 Å². The number of Topliss-reactive ketones (excluding diaryl/α,β-unsaturated/α-hetero) is 1. The topological polar surface area (TPSA) is 196 Å². The fourth-order valence-electron chi connectivity index (χ4n) is 7.59. The zero-order valence-electron chi connectivity index (χ0n) is 28.7. The molecule has 6 rings (SSSR count). The summed E-state index contributed by atoms with van der Waals surface area (Å²) >= 11 is 0. The van der Waals surface area contributed by atoms with Crippen LogP contribution in [0.3, 0.4) is 0 Å². The molecule has 5 unspecified atom stereocenters. The highest BCUT2D eigenvalue weighted by Gasteiger charge is 2.50. The van der Waals surface area contributed by atoms with Gasteiger partial charge in [-0.1, -0.05) is 42.5 Å². The molecular weight excluding hydrogens is 660 g/mol. The predicted octanol–water partition coefficient (Wildman–Crippen LogP) is 3.28. The summed E-state index contributed by atoms with van der Waals surface area (Å²) in [7, 11) is 2.87. The molecule has 268 valence electrons. The molecule has 0 spiro atoms. The molecule has 0 radical (unpaired) electrons. The predicted molar refractivity (Wildman–Crippen MR) is 180 cm³/mol. The third-order valence-corrected chi connectivity index (χ3v) is 10.3. The quantitative estimate of drug-likeness (QED) is 0.176. The van der Waals surface area contributed by atoms with Gasteiger partial charge in [0.2, 0.25) is 5.78 Å². The summed E-state index contributed by atoms with van der Waals surface area (Å²) in [5.41, 5.74) is -2.60. The first-order chi connectivity index (χ1) is 24.4. The highest BCUT2D eigenvalue weighted by Crippen LogP contribution is 2.52. The van der Waals surface area contributed by atoms with E-state index in [4.69, 9.17) is 18.9 Å². The number of benzene rings is 3. The van der Waals surface area contributed by atoms with Gasteiger partial charge in [0.1, 0.15) is 28.9 Å². The Hall–Kier alpha value is -4.68. The second-order valence-electron chi connectivity index (χ2n) is 13.2. The van der Waals surface area contributed by atoms with Crippen LogP contribution < -0.4 is 4.74 Å². The highest BCUT2D eigenvalue weighted by molar-refractivity contribution is 6.31. The van der Waals surface area contributed by atoms with Gasteiger partial charge in [0, 0.05) is 55.6 Å². The van der Waals surface area contributed by atoms with Crippen molar-refractivity contribution in [2.24, 2.45) is 0 Å². The Morgan fingerprint density at radius 1 is 1.06 bits per heavy atom. The molecule has 1 fully saturated rings. The van der Waals surface area contributed by atoms with E-state index < -0.39 is 88.7 Å². The van der Waals surface area contributed by atoms with Gasteiger partial charge >= 0.3 is 0 Å². The maximum Gasteiger partial charge on any atom is 0.202 e. The van der Waals surface area contributed by atoms with Gasteiger partial charge in [-0.15, -0.1) is 0 Å². The van der Waals surface area contributed by atoms with E-state index in [1.165, 1.54) is 39.3 Å². The van der Waals surface area contributed by atoms with Crippen LogP contribution >= 0.6 is 0 Å². The zero-order valence-corrected chi connectivity index (χ0v) is 28.7. The third-order valence-electron chi connectivity index (χ3n) is 10.3. The molecule has 1 aliphatic heterocycles. The van der Waals surface area contributed by atoms with Crippen LogP contribution in [0.2, 0.25) is 0 Å². The number of phenolic OH excluding ortho intramolecular Hbond substituents is 2. The molecule has 13 nitrogen and oxygen atoms in total. The van der Waals surface area contributed by atoms with Crippen molar-refractivity contribution in [2.75, 3.05) is 27.4 Å². The van der Waals surface area contributed by atoms with Crippen molar-refractivity contribution in [2.45, 2.75) is 75.4 Å². The maximum atomic E-state index is 14.0. The first kappa shape index (κ1) is 36.1. The van der Waals surface area contributed by atoms with Crippen molar-refractivity contribution >= 4 is 17.3 Å². The average Bonchev–Trinajstić information content (AvgIpc) is 3.11. The van der Waals surface area contributed by atoms with Gasteiger partial charge in [-0.05, 0) is 25.5 Å². The number of ketones is 3. The van der Waals surface area contributed by atoms with Crippen LogP contribution in [-0.4, -0.2) is 100 Å². The minimum atomic E-state index is -2.08. The molecule has 1 heterocycles. The van der Waals surface area contributed by atoms with Crippen molar-refractivity contribution in [3.8, 4) is 23.3 Å². The largest absolute Gasteiger partial charge is 0.507 e. The fourth-order valence-corrected chi connectivity index (χ4v) is 7.59. The van der Waals surface area contributed by atoms with Gasteiger partial charge < -0.3 is 39.4 Å². The smallest absolute Gasteiger partial charge is 0.202 e. The number of ether oxygens (including phenoxy) is 4. The number of rotatable bonds is 10. The molecule has 3 aromatic rings. The van der Waals surface area contributed by atoms with E-state index in [1.54, 1.807) is 6.92 Å². The molecule has 3 aromatic carbocycles. The summed E-state index contributed by atoms with van der Waals surface area (Å²) < 4.78 is 23.2. The molecule has 0 amide bonds. The number of aromatic hydroxyl groups is 2. The molecule has 1 saturated heterocycles. The normalized spacial score (nSPS) is 26.1. The molecule has 3 aliphatic rings. The number of hydrogen-bond donors (Lipinski definition) is 4. The lowest BCUT2D eigenvalue weighted by molar-refractivity contribution is -0.260. The van der Waals surface area contributed by atoms with Crippen LogP contribution in [0.1, 0.15) is 87.4 Å². The minimum Gasteiger partial charge on any atom is -0.507 e. The van der Waals surface area contributed by atoms with E-state index in [2.05, 4.69) is 6.07 Å². The van der Waals surface area contributed by atoms with Crippen molar-refractivity contribution in [3.05, 3.63) is 87.5 Å². The van der Waals surface area contributed by atoms with E-state index in [0.717, 1.165) is 0 Å². The first-order valence-electron chi connectivity index (χ1n) is 16.6. The lowest BCUT2D eigenvalue weighted by Gasteiger charge is -2.46. The fraction of sp³-hybridized carbons (Fsp3) is 0.421. The lowest BCUT2D eigenvalue weighted by Crippen LogP contribution is -2.57. The number of methoxy groups -OCH3 is 2. The van der Waals surface area contributed by atoms with Crippen LogP contribution in [-0.2, 0) is 25.4 Å². The monoisotopic (exact) mass is 700 g/mol. The summed E-state index contributed by atoms with van der Waals surface area (Å²) in [6, 6.07) is 14.4. The number of aliphatic hydroxyl groups excluding tert-OH is 1. The molecule has 4 N–H and O–H groups in total. The van der Waals surface area contributed by atoms with E-state index in [-0.39, 0.29) is 54.0 Å². The molecule has 0 bridgehead atoms. The Kier molecular flexibility index (Phi) is 10.0. The SMILES string of the molecule is COCCN(C(C#N)c1ccccc1)C1CC(O[C@H]2C[C@](O)(C(C)=O)Cc3c(O)c4c(c(O)c32)C(=O)c2c(OC)cccc2C4=O)OC(C)C1O. The lowest BCUT2D eigenvalue weighted by atomic mass is 9.72. The van der Waals surface area contributed by atoms with Gasteiger partial charge in [0.05, 0.1) is 54.8 Å². The van der Waals surface area contributed by atoms with Crippen molar-refractivity contribution < 1.29 is 53.8 Å². The second-order valence-corrected chi connectivity index (χ2v) is 13.2. The highest BCUT2D eigenvalue weighted by atomic mass is 16.7. The summed E-state index contributed by atoms with van der Waals surface area (Å²) in [5, 5.41) is 56.8. The molecule has 7 atom stereocenters. The van der Waals surface area contributed by atoms with Crippen LogP contribution in [0.25, 0.3) is 0 Å². The Bertz CT molecular complexity index is 1910. The molecular formula is C38H40N2O11. The molecule has 2 aliphatic carbocycles. The van der Waals surface area contributed by atoms with Crippen LogP contribution in [0.15, 0.2) is 48.5 Å². The number of carbonyl (C=O) groups is 3. The van der Waals surface area contributed by atoms with Crippen LogP contribution in [0.4, 0.5) is 0 Å². The number of nitriles is 1. The second kappa shape index (κ2) is 14.1. The van der Waals surface area contributed by atoms with Gasteiger partial charge in [-0.25, -0.2) is 0 Å². The molecule has 13 heteroatoms. The first-order valence-corrected chi connectivity index (χ1v) is 16.6. The summed E-state index contributed by atoms with van der Waals surface area (Å²) in [4.78, 5) is 42.5. The van der Waals surface area contributed by atoms with Gasteiger partial charge in [0.15, 0.2) is 17.9 Å². The summed E-state index contributed by atoms with van der Waals surface area (Å²) in [6.45, 7) is 3.33. The van der Waals surface area contributed by atoms with E-state index in [0.29, 0.717) is 5.56 Å². The Balaban J connectivity index is 1.42. The Morgan fingerprint density at radius 2 is 1.76 bits per heavy atom. The number of nitrogens with zero attached hydrogens (tertiary/aromatic N) is 2. The third kappa shape index (κ3) is 6.18. The van der Waals surface area contributed by atoms with Crippen LogP contribution in [0, 0.1) is 11.3 Å². The number of hydrogen-bond acceptors (Lipinski definition) is 13. The Morgan fingerprint density at radius 3 is 2.41 bits per heavy atom. The van der Waals surface area contributed by atoms with Gasteiger partial charge in [-0.3, -0.25) is 19.3 Å². The van der Waals surface area contributed by atoms with Crippen molar-refractivity contribution in [1.82, 2.24) is 4.90 Å². The van der Waals surface area contributed by atoms with E-state index in [9.17, 15) is 40.1 Å². The minimum absolute atomic E-state index is 0.00421. The number of carbonyl (C=O) groups excluding carboxylic acids is 3. The number of fused-ring (bicyclic) bond motifs is 3. The van der Waals surface area contributed by atoms with Crippen molar-refractivity contribution in [1.29, 1.82) is 5.26 Å². The average molecular weight is 701 g/mol. The number of aliphatic hydroxyl groups is 2. The summed E-state index contributed by atoms with van der Waals surface area (Å²) in [5.74, 6) is -3.35.